The van der Waals surface area contributed by atoms with Crippen molar-refractivity contribution < 1.29 is 19.7 Å². The lowest BCUT2D eigenvalue weighted by molar-refractivity contribution is -0.875. The molecule has 0 aromatic carbocycles. The molecule has 5 heteroatoms. The molecule has 100 valence electrons. The van der Waals surface area contributed by atoms with Gasteiger partial charge < -0.3 is 20.3 Å². The summed E-state index contributed by atoms with van der Waals surface area (Å²) in [6, 6.07) is -0.00393. The van der Waals surface area contributed by atoms with Gasteiger partial charge in [-0.15, -0.1) is 0 Å². The smallest absolute Gasteiger partial charge is 0.278 e. The second kappa shape index (κ2) is 7.63. The highest BCUT2D eigenvalue weighted by molar-refractivity contribution is 5.79. The summed E-state index contributed by atoms with van der Waals surface area (Å²) in [4.78, 5) is 13.2. The Kier molecular flexibility index (Phi) is 6.47. The quantitative estimate of drug-likeness (QED) is 0.460. The molecule has 0 radical (unpaired) electrons. The van der Waals surface area contributed by atoms with Crippen molar-refractivity contribution in [3.05, 3.63) is 0 Å². The standard InChI is InChI=1S/C12H25N3O2/c1-10(13-6-7-15(2)3)12(16)14-9-11-5-4-8-17-11/h10-11,13H,4-9H2,1-3H3,(H,14,16)/p+2/t10-,11-/m1/s1. The van der Waals surface area contributed by atoms with E-state index in [2.05, 4.69) is 24.7 Å². The number of quaternary nitrogens is 2. The van der Waals surface area contributed by atoms with Crippen LogP contribution in [0.25, 0.3) is 0 Å². The molecule has 1 aliphatic heterocycles. The fraction of sp³-hybridized carbons (Fsp3) is 0.917. The average Bonchev–Trinajstić information content (AvgIpc) is 2.78. The fourth-order valence-electron chi connectivity index (χ4n) is 1.91. The first-order chi connectivity index (χ1) is 8.09. The minimum atomic E-state index is -0.00393. The second-order valence-electron chi connectivity index (χ2n) is 5.15. The van der Waals surface area contributed by atoms with E-state index >= 15 is 0 Å². The summed E-state index contributed by atoms with van der Waals surface area (Å²) < 4.78 is 5.47. The molecule has 0 aliphatic carbocycles. The molecule has 1 saturated heterocycles. The third-order valence-corrected chi connectivity index (χ3v) is 3.11. The van der Waals surface area contributed by atoms with Crippen molar-refractivity contribution in [1.29, 1.82) is 0 Å². The summed E-state index contributed by atoms with van der Waals surface area (Å²) in [5.41, 5.74) is 0. The molecule has 2 atom stereocenters. The van der Waals surface area contributed by atoms with Gasteiger partial charge in [0.2, 0.25) is 0 Å². The van der Waals surface area contributed by atoms with Crippen LogP contribution >= 0.6 is 0 Å². The number of ether oxygens (including phenoxy) is 1. The summed E-state index contributed by atoms with van der Waals surface area (Å²) in [5, 5.41) is 5.06. The Labute approximate surface area is 104 Å². The first kappa shape index (κ1) is 14.4. The van der Waals surface area contributed by atoms with Gasteiger partial charge in [-0.2, -0.15) is 0 Å². The monoisotopic (exact) mass is 245 g/mol. The van der Waals surface area contributed by atoms with E-state index in [0.29, 0.717) is 6.54 Å². The van der Waals surface area contributed by atoms with E-state index in [1.54, 1.807) is 0 Å². The summed E-state index contributed by atoms with van der Waals surface area (Å²) in [7, 11) is 4.24. The molecule has 1 heterocycles. The van der Waals surface area contributed by atoms with Gasteiger partial charge in [0, 0.05) is 13.2 Å². The first-order valence-electron chi connectivity index (χ1n) is 6.61. The average molecular weight is 245 g/mol. The largest absolute Gasteiger partial charge is 0.376 e. The Balaban J connectivity index is 2.08. The Morgan fingerprint density at radius 3 is 2.94 bits per heavy atom. The maximum atomic E-state index is 11.8. The van der Waals surface area contributed by atoms with Crippen molar-refractivity contribution in [3.8, 4) is 0 Å². The van der Waals surface area contributed by atoms with Crippen molar-refractivity contribution in [2.24, 2.45) is 0 Å². The highest BCUT2D eigenvalue weighted by atomic mass is 16.5. The van der Waals surface area contributed by atoms with E-state index in [1.165, 1.54) is 4.90 Å². The molecular weight excluding hydrogens is 218 g/mol. The Hall–Kier alpha value is -0.650. The molecule has 0 bridgehead atoms. The molecule has 5 nitrogen and oxygen atoms in total. The molecule has 0 saturated carbocycles. The van der Waals surface area contributed by atoms with Gasteiger partial charge in [-0.3, -0.25) is 4.79 Å². The van der Waals surface area contributed by atoms with Crippen LogP contribution in [0.5, 0.6) is 0 Å². The van der Waals surface area contributed by atoms with Gasteiger partial charge >= 0.3 is 0 Å². The van der Waals surface area contributed by atoms with Gasteiger partial charge in [0.15, 0.2) is 6.04 Å². The van der Waals surface area contributed by atoms with Crippen molar-refractivity contribution in [1.82, 2.24) is 5.32 Å². The van der Waals surface area contributed by atoms with E-state index in [4.69, 9.17) is 4.74 Å². The van der Waals surface area contributed by atoms with Gasteiger partial charge in [-0.1, -0.05) is 0 Å². The van der Waals surface area contributed by atoms with E-state index < -0.39 is 0 Å². The second-order valence-corrected chi connectivity index (χ2v) is 5.15. The van der Waals surface area contributed by atoms with E-state index in [9.17, 15) is 4.79 Å². The molecule has 0 unspecified atom stereocenters. The number of carbonyl (C=O) groups is 1. The highest BCUT2D eigenvalue weighted by Gasteiger charge is 2.20. The number of hydrogen-bond donors (Lipinski definition) is 3. The third-order valence-electron chi connectivity index (χ3n) is 3.11. The van der Waals surface area contributed by atoms with Crippen molar-refractivity contribution in [2.75, 3.05) is 40.3 Å². The topological polar surface area (TPSA) is 59.4 Å². The Bertz CT molecular complexity index is 228. The number of rotatable bonds is 7. The van der Waals surface area contributed by atoms with Crippen LogP contribution in [0, 0.1) is 0 Å². The zero-order valence-electron chi connectivity index (χ0n) is 11.3. The molecule has 0 spiro atoms. The zero-order chi connectivity index (χ0) is 12.7. The van der Waals surface area contributed by atoms with Gasteiger partial charge in [-0.25, -0.2) is 0 Å². The number of nitrogens with one attached hydrogen (secondary N) is 2. The summed E-state index contributed by atoms with van der Waals surface area (Å²) in [6.07, 6.45) is 2.42. The summed E-state index contributed by atoms with van der Waals surface area (Å²) >= 11 is 0. The highest BCUT2D eigenvalue weighted by Crippen LogP contribution is 2.10. The van der Waals surface area contributed by atoms with Crippen molar-refractivity contribution >= 4 is 5.91 Å². The lowest BCUT2D eigenvalue weighted by Gasteiger charge is -2.14. The van der Waals surface area contributed by atoms with Gasteiger partial charge in [0.1, 0.15) is 13.1 Å². The van der Waals surface area contributed by atoms with Gasteiger partial charge in [0.05, 0.1) is 20.2 Å². The van der Waals surface area contributed by atoms with Crippen LogP contribution in [-0.4, -0.2) is 58.4 Å². The van der Waals surface area contributed by atoms with Crippen LogP contribution in [0.2, 0.25) is 0 Å². The number of amides is 1. The van der Waals surface area contributed by atoms with Gasteiger partial charge in [0.25, 0.3) is 5.91 Å². The SMILES string of the molecule is C[C@@H]([NH2+]CC[NH+](C)C)C(=O)NC[C@H]1CCCO1. The Morgan fingerprint density at radius 1 is 1.59 bits per heavy atom. The van der Waals surface area contributed by atoms with Crippen LogP contribution in [0.3, 0.4) is 0 Å². The zero-order valence-corrected chi connectivity index (χ0v) is 11.3. The third kappa shape index (κ3) is 6.00. The lowest BCUT2D eigenvalue weighted by Crippen LogP contribution is -3.10. The molecule has 4 N–H and O–H groups in total. The molecule has 0 aromatic heterocycles. The van der Waals surface area contributed by atoms with E-state index in [1.807, 2.05) is 6.92 Å². The predicted octanol–water partition coefficient (Wildman–Crippen LogP) is -2.62. The molecule has 17 heavy (non-hydrogen) atoms. The normalized spacial score (nSPS) is 21.8. The number of hydrogen-bond acceptors (Lipinski definition) is 2. The van der Waals surface area contributed by atoms with Crippen molar-refractivity contribution in [2.45, 2.75) is 31.9 Å². The van der Waals surface area contributed by atoms with Gasteiger partial charge in [-0.05, 0) is 19.8 Å². The van der Waals surface area contributed by atoms with Crippen LogP contribution in [0.15, 0.2) is 0 Å². The first-order valence-corrected chi connectivity index (χ1v) is 6.61. The maximum Gasteiger partial charge on any atom is 0.278 e. The van der Waals surface area contributed by atoms with Crippen LogP contribution in [-0.2, 0) is 9.53 Å². The Morgan fingerprint density at radius 2 is 2.35 bits per heavy atom. The number of carbonyl (C=O) groups excluding carboxylic acids is 1. The number of nitrogens with two attached hydrogens (primary N) is 1. The minimum absolute atomic E-state index is 0.00393. The van der Waals surface area contributed by atoms with Crippen LogP contribution < -0.4 is 15.5 Å². The molecule has 1 amide bonds. The lowest BCUT2D eigenvalue weighted by atomic mass is 10.2. The summed E-state index contributed by atoms with van der Waals surface area (Å²) in [6.45, 7) is 5.51. The molecule has 0 aromatic rings. The number of likely N-dealkylation sites (N-methyl/N-ethyl adjacent to an activating group) is 1. The fourth-order valence-corrected chi connectivity index (χ4v) is 1.91. The van der Waals surface area contributed by atoms with Crippen LogP contribution in [0.1, 0.15) is 19.8 Å². The minimum Gasteiger partial charge on any atom is -0.376 e. The van der Waals surface area contributed by atoms with E-state index in [-0.39, 0.29) is 18.1 Å². The maximum absolute atomic E-state index is 11.8. The van der Waals surface area contributed by atoms with Crippen LogP contribution in [0.4, 0.5) is 0 Å². The molecule has 1 aliphatic rings. The molecular formula is C12H27N3O2+2. The summed E-state index contributed by atoms with van der Waals surface area (Å²) in [5.74, 6) is 0.120. The van der Waals surface area contributed by atoms with Crippen molar-refractivity contribution in [3.63, 3.8) is 0 Å². The molecule has 1 fully saturated rings. The molecule has 1 rings (SSSR count). The van der Waals surface area contributed by atoms with E-state index in [0.717, 1.165) is 32.5 Å². The predicted molar refractivity (Wildman–Crippen MR) is 65.9 cm³/mol.